The van der Waals surface area contributed by atoms with Crippen LogP contribution < -0.4 is 27.2 Å². The van der Waals surface area contributed by atoms with Crippen LogP contribution in [-0.4, -0.2) is 67.1 Å². The molecular weight excluding hydrogens is 540 g/mol. The van der Waals surface area contributed by atoms with E-state index < -0.39 is 61.1 Å². The second-order valence-electron chi connectivity index (χ2n) is 9.02. The average Bonchev–Trinajstić information content (AvgIpc) is 2.91. The highest BCUT2D eigenvalue weighted by Crippen LogP contribution is 2.16. The van der Waals surface area contributed by atoms with E-state index in [-0.39, 0.29) is 23.5 Å². The fraction of sp³-hybridized carbons (Fsp3) is 0.269. The molecule has 0 radical (unpaired) electrons. The number of hydrogen-bond donors (Lipinski definition) is 8. The summed E-state index contributed by atoms with van der Waals surface area (Å²) in [5.41, 5.74) is 7.20. The number of aromatic nitrogens is 2. The van der Waals surface area contributed by atoms with Gasteiger partial charge in [0.05, 0.1) is 10.9 Å². The fourth-order valence-electron chi connectivity index (χ4n) is 3.82. The van der Waals surface area contributed by atoms with Gasteiger partial charge in [0.25, 0.3) is 11.5 Å². The number of carboxylic acid groups (broad SMARTS) is 3. The summed E-state index contributed by atoms with van der Waals surface area (Å²) < 4.78 is 0. The summed E-state index contributed by atoms with van der Waals surface area (Å²) in [5, 5.41) is 35.2. The highest BCUT2D eigenvalue weighted by molar-refractivity contribution is 5.98. The lowest BCUT2D eigenvalue weighted by Crippen LogP contribution is -2.51. The van der Waals surface area contributed by atoms with Crippen molar-refractivity contribution in [3.63, 3.8) is 0 Å². The van der Waals surface area contributed by atoms with Gasteiger partial charge in [0.15, 0.2) is 0 Å². The molecular formula is C26H28N6O9. The van der Waals surface area contributed by atoms with Crippen LogP contribution in [-0.2, 0) is 25.7 Å². The third-order valence-electron chi connectivity index (χ3n) is 5.97. The van der Waals surface area contributed by atoms with Crippen LogP contribution in [0.1, 0.15) is 41.6 Å². The van der Waals surface area contributed by atoms with Crippen molar-refractivity contribution in [1.82, 2.24) is 20.6 Å². The molecule has 3 aromatic rings. The van der Waals surface area contributed by atoms with Crippen molar-refractivity contribution in [3.05, 3.63) is 63.9 Å². The highest BCUT2D eigenvalue weighted by atomic mass is 16.4. The number of nitrogens with zero attached hydrogens (tertiary/aromatic N) is 1. The molecule has 0 aliphatic carbocycles. The first kappa shape index (κ1) is 30.1. The Morgan fingerprint density at radius 1 is 0.878 bits per heavy atom. The van der Waals surface area contributed by atoms with E-state index in [1.165, 1.54) is 12.1 Å². The molecule has 2 amide bonds. The highest BCUT2D eigenvalue weighted by Gasteiger charge is 2.27. The van der Waals surface area contributed by atoms with Crippen molar-refractivity contribution in [2.75, 3.05) is 11.1 Å². The summed E-state index contributed by atoms with van der Waals surface area (Å²) in [6.07, 6.45) is -1.72. The van der Waals surface area contributed by atoms with Crippen LogP contribution in [0, 0.1) is 0 Å². The summed E-state index contributed by atoms with van der Waals surface area (Å²) in [4.78, 5) is 77.4. The van der Waals surface area contributed by atoms with E-state index in [1.54, 1.807) is 30.3 Å². The topological polar surface area (TPSA) is 254 Å². The molecule has 0 saturated heterocycles. The predicted octanol–water partition coefficient (Wildman–Crippen LogP) is 0.515. The van der Waals surface area contributed by atoms with Gasteiger partial charge in [-0.25, -0.2) is 9.78 Å². The Morgan fingerprint density at radius 2 is 1.51 bits per heavy atom. The number of anilines is 2. The van der Waals surface area contributed by atoms with Crippen LogP contribution in [0.5, 0.6) is 0 Å². The molecule has 15 heteroatoms. The second-order valence-corrected chi connectivity index (χ2v) is 9.02. The number of amides is 2. The molecule has 1 heterocycles. The number of carbonyl (C=O) groups excluding carboxylic acids is 2. The number of nitrogens with one attached hydrogen (secondary N) is 4. The summed E-state index contributed by atoms with van der Waals surface area (Å²) in [7, 11) is 0. The van der Waals surface area contributed by atoms with Crippen molar-refractivity contribution in [2.24, 2.45) is 0 Å². The number of rotatable bonds is 14. The van der Waals surface area contributed by atoms with E-state index in [2.05, 4.69) is 25.9 Å². The van der Waals surface area contributed by atoms with Crippen LogP contribution in [0.15, 0.2) is 47.3 Å². The second kappa shape index (κ2) is 13.5. The van der Waals surface area contributed by atoms with Gasteiger partial charge in [-0.2, -0.15) is 0 Å². The number of nitrogens with two attached hydrogens (primary N) is 1. The zero-order valence-electron chi connectivity index (χ0n) is 21.5. The van der Waals surface area contributed by atoms with E-state index >= 15 is 0 Å². The Bertz CT molecular complexity index is 1520. The molecule has 216 valence electrons. The summed E-state index contributed by atoms with van der Waals surface area (Å²) in [5.74, 6) is -5.59. The maximum Gasteiger partial charge on any atom is 0.326 e. The average molecular weight is 569 g/mol. The number of aliphatic carboxylic acids is 3. The lowest BCUT2D eigenvalue weighted by atomic mass is 10.1. The minimum absolute atomic E-state index is 0.0152. The van der Waals surface area contributed by atoms with E-state index in [1.807, 2.05) is 0 Å². The van der Waals surface area contributed by atoms with Gasteiger partial charge in [-0.15, -0.1) is 0 Å². The largest absolute Gasteiger partial charge is 0.481 e. The maximum absolute atomic E-state index is 12.8. The lowest BCUT2D eigenvalue weighted by Gasteiger charge is -2.21. The van der Waals surface area contributed by atoms with Crippen molar-refractivity contribution in [3.8, 4) is 0 Å². The van der Waals surface area contributed by atoms with Crippen molar-refractivity contribution in [2.45, 2.75) is 44.3 Å². The standard InChI is InChI=1S/C26H28N6O9/c27-26-31-17-6-5-15(11-16(17)23(38)32-26)28-12-13-1-3-14(4-2-13)22(37)29-18(7-9-20(33)34)24(39)30-19(25(40)41)8-10-21(35)36/h1-6,11,18-19,28H,7-10,12H2,(H,29,37)(H,30,39)(H,33,34)(H,35,36)(H,40,41)(H3,27,31,32,38)/t18-,19-/m0/s1. The number of carbonyl (C=O) groups is 5. The Morgan fingerprint density at radius 3 is 2.12 bits per heavy atom. The van der Waals surface area contributed by atoms with Crippen molar-refractivity contribution < 1.29 is 39.3 Å². The number of nitrogen functional groups attached to an aromatic ring is 1. The van der Waals surface area contributed by atoms with Gasteiger partial charge in [-0.05, 0) is 48.7 Å². The van der Waals surface area contributed by atoms with Gasteiger partial charge in [0, 0.05) is 30.6 Å². The molecule has 41 heavy (non-hydrogen) atoms. The van der Waals surface area contributed by atoms with E-state index in [4.69, 9.17) is 15.9 Å². The van der Waals surface area contributed by atoms with Gasteiger partial charge >= 0.3 is 17.9 Å². The summed E-state index contributed by atoms with van der Waals surface area (Å²) in [6, 6.07) is 8.37. The summed E-state index contributed by atoms with van der Waals surface area (Å²) >= 11 is 0. The zero-order chi connectivity index (χ0) is 30.1. The van der Waals surface area contributed by atoms with Gasteiger partial charge in [0.1, 0.15) is 12.1 Å². The van der Waals surface area contributed by atoms with E-state index in [0.717, 1.165) is 5.56 Å². The molecule has 0 bridgehead atoms. The molecule has 0 aliphatic rings. The van der Waals surface area contributed by atoms with Crippen LogP contribution in [0.4, 0.5) is 11.6 Å². The first-order chi connectivity index (χ1) is 19.4. The number of H-pyrrole nitrogens is 1. The van der Waals surface area contributed by atoms with Gasteiger partial charge < -0.3 is 37.0 Å². The number of carboxylic acids is 3. The van der Waals surface area contributed by atoms with Gasteiger partial charge in [-0.1, -0.05) is 12.1 Å². The van der Waals surface area contributed by atoms with Crippen LogP contribution in [0.3, 0.4) is 0 Å². The van der Waals surface area contributed by atoms with Gasteiger partial charge in [0.2, 0.25) is 11.9 Å². The molecule has 9 N–H and O–H groups in total. The third kappa shape index (κ3) is 8.77. The molecule has 0 aliphatic heterocycles. The number of fused-ring (bicyclic) bond motifs is 1. The predicted molar refractivity (Wildman–Crippen MR) is 145 cm³/mol. The molecule has 0 spiro atoms. The van der Waals surface area contributed by atoms with E-state index in [0.29, 0.717) is 23.1 Å². The Hall–Kier alpha value is -5.47. The first-order valence-corrected chi connectivity index (χ1v) is 12.3. The SMILES string of the molecule is Nc1nc2ccc(NCc3ccc(C(=O)N[C@@H](CCC(=O)O)C(=O)N[C@@H](CCC(=O)O)C(=O)O)cc3)cc2c(=O)[nH]1. The monoisotopic (exact) mass is 568 g/mol. The Balaban J connectivity index is 1.64. The van der Waals surface area contributed by atoms with Crippen LogP contribution in [0.25, 0.3) is 10.9 Å². The number of hydrogen-bond acceptors (Lipinski definition) is 9. The molecule has 0 fully saturated rings. The van der Waals surface area contributed by atoms with Crippen LogP contribution >= 0.6 is 0 Å². The maximum atomic E-state index is 12.8. The molecule has 1 aromatic heterocycles. The van der Waals surface area contributed by atoms with Gasteiger partial charge in [-0.3, -0.25) is 29.0 Å². The molecule has 3 rings (SSSR count). The zero-order valence-corrected chi connectivity index (χ0v) is 21.5. The van der Waals surface area contributed by atoms with E-state index in [9.17, 15) is 33.9 Å². The smallest absolute Gasteiger partial charge is 0.326 e. The quantitative estimate of drug-likeness (QED) is 0.132. The number of aromatic amines is 1. The lowest BCUT2D eigenvalue weighted by molar-refractivity contribution is -0.143. The summed E-state index contributed by atoms with van der Waals surface area (Å²) in [6.45, 7) is 0.338. The number of benzene rings is 2. The van der Waals surface area contributed by atoms with Crippen molar-refractivity contribution in [1.29, 1.82) is 0 Å². The Kier molecular flexibility index (Phi) is 9.94. The third-order valence-corrected chi connectivity index (χ3v) is 5.97. The minimum atomic E-state index is -1.54. The first-order valence-electron chi connectivity index (χ1n) is 12.3. The Labute approximate surface area is 231 Å². The molecule has 0 unspecified atom stereocenters. The van der Waals surface area contributed by atoms with Crippen molar-refractivity contribution >= 4 is 52.3 Å². The minimum Gasteiger partial charge on any atom is -0.481 e. The molecule has 0 saturated carbocycles. The molecule has 2 atom stereocenters. The fourth-order valence-corrected chi connectivity index (χ4v) is 3.82. The molecule has 15 nitrogen and oxygen atoms in total. The normalized spacial score (nSPS) is 12.2. The molecule has 2 aromatic carbocycles. The van der Waals surface area contributed by atoms with Crippen LogP contribution in [0.2, 0.25) is 0 Å².